The van der Waals surface area contributed by atoms with Crippen molar-refractivity contribution in [3.05, 3.63) is 97.2 Å². The molecule has 0 saturated carbocycles. The molecule has 1 heterocycles. The number of hydrogen-bond donors (Lipinski definition) is 4. The highest BCUT2D eigenvalue weighted by atomic mass is 32.2. The first-order valence-corrected chi connectivity index (χ1v) is 24.4. The minimum atomic E-state index is -4.62. The third-order valence-electron chi connectivity index (χ3n) is 9.65. The molecule has 0 spiro atoms. The average molecular weight is 891 g/mol. The molecule has 0 amide bonds. The van der Waals surface area contributed by atoms with Gasteiger partial charge >= 0.3 is 11.9 Å². The molecule has 1 saturated heterocycles. The summed E-state index contributed by atoms with van der Waals surface area (Å²) in [5.74, 6) is -2.16. The average Bonchev–Trinajstić information content (AvgIpc) is 3.24. The summed E-state index contributed by atoms with van der Waals surface area (Å²) in [4.78, 5) is 25.4. The monoisotopic (exact) mass is 891 g/mol. The lowest BCUT2D eigenvalue weighted by Gasteiger charge is -2.40. The van der Waals surface area contributed by atoms with Crippen LogP contribution in [0.2, 0.25) is 0 Å². The Balaban J connectivity index is 2.55. The number of allylic oxidation sites excluding steroid dienone is 16. The van der Waals surface area contributed by atoms with Crippen molar-refractivity contribution < 1.29 is 56.8 Å². The standard InChI is InChI=1S/C49H78O12S/c1-3-5-7-9-11-13-15-17-19-20-21-22-24-26-28-30-32-34-36-38-45(51)60-42(40-59-49-48(54)47(53)46(52)43(61-49)41-62(55,56)57)39-58-44(50)37-35-33-31-29-27-25-23-18-16-14-12-10-8-6-4-2/h11-14,17-19,21-23,26-29,32,34,42-43,46-49,52-54H,3-10,15-16,20,24-25,30-31,33,35-41H2,1-2H3,(H,55,56,57)/b13-11+,14-12+,19-17+,22-21+,23-18+,28-26+,29-27+,34-32+/t42-,43-,46-,47?,48?,49+/m1/s1. The van der Waals surface area contributed by atoms with Crippen LogP contribution in [0, 0.1) is 0 Å². The van der Waals surface area contributed by atoms with Crippen LogP contribution in [0.4, 0.5) is 0 Å². The Morgan fingerprint density at radius 1 is 0.548 bits per heavy atom. The highest BCUT2D eigenvalue weighted by molar-refractivity contribution is 7.85. The van der Waals surface area contributed by atoms with Gasteiger partial charge in [0.25, 0.3) is 10.1 Å². The van der Waals surface area contributed by atoms with Crippen LogP contribution in [-0.2, 0) is 38.7 Å². The predicted octanol–water partition coefficient (Wildman–Crippen LogP) is 9.44. The zero-order valence-electron chi connectivity index (χ0n) is 37.4. The molecular weight excluding hydrogens is 813 g/mol. The molecule has 62 heavy (non-hydrogen) atoms. The van der Waals surface area contributed by atoms with E-state index >= 15 is 0 Å². The lowest BCUT2D eigenvalue weighted by atomic mass is 10.00. The molecule has 2 unspecified atom stereocenters. The lowest BCUT2D eigenvalue weighted by molar-refractivity contribution is -0.297. The Bertz CT molecular complexity index is 1510. The third kappa shape index (κ3) is 32.3. The minimum absolute atomic E-state index is 0.0267. The highest BCUT2D eigenvalue weighted by Crippen LogP contribution is 2.24. The third-order valence-corrected chi connectivity index (χ3v) is 10.4. The number of rotatable bonds is 36. The van der Waals surface area contributed by atoms with Gasteiger partial charge in [-0.2, -0.15) is 8.42 Å². The first kappa shape index (κ1) is 56.6. The Morgan fingerprint density at radius 3 is 1.44 bits per heavy atom. The second-order valence-corrected chi connectivity index (χ2v) is 16.9. The fourth-order valence-electron chi connectivity index (χ4n) is 6.08. The molecule has 4 N–H and O–H groups in total. The van der Waals surface area contributed by atoms with Crippen molar-refractivity contribution in [2.24, 2.45) is 0 Å². The van der Waals surface area contributed by atoms with E-state index in [0.29, 0.717) is 19.3 Å². The summed E-state index contributed by atoms with van der Waals surface area (Å²) in [5.41, 5.74) is 0. The molecule has 1 aliphatic rings. The van der Waals surface area contributed by atoms with E-state index in [9.17, 15) is 37.9 Å². The Morgan fingerprint density at radius 2 is 0.984 bits per heavy atom. The predicted molar refractivity (Wildman–Crippen MR) is 247 cm³/mol. The zero-order chi connectivity index (χ0) is 45.5. The Labute approximate surface area is 373 Å². The van der Waals surface area contributed by atoms with Crippen molar-refractivity contribution in [2.75, 3.05) is 19.0 Å². The van der Waals surface area contributed by atoms with Gasteiger partial charge in [-0.15, -0.1) is 0 Å². The number of carbonyl (C=O) groups is 2. The summed E-state index contributed by atoms with van der Waals surface area (Å²) < 4.78 is 53.9. The molecule has 1 rings (SSSR count). The van der Waals surface area contributed by atoms with Gasteiger partial charge in [0, 0.05) is 12.8 Å². The van der Waals surface area contributed by atoms with E-state index in [1.165, 1.54) is 38.5 Å². The number of esters is 2. The van der Waals surface area contributed by atoms with E-state index in [2.05, 4.69) is 92.8 Å². The van der Waals surface area contributed by atoms with Crippen LogP contribution in [0.15, 0.2) is 97.2 Å². The van der Waals surface area contributed by atoms with Gasteiger partial charge in [-0.25, -0.2) is 0 Å². The van der Waals surface area contributed by atoms with E-state index in [-0.39, 0.29) is 19.4 Å². The molecule has 12 nitrogen and oxygen atoms in total. The maximum Gasteiger partial charge on any atom is 0.306 e. The first-order chi connectivity index (χ1) is 30.0. The van der Waals surface area contributed by atoms with Crippen LogP contribution in [0.1, 0.15) is 142 Å². The van der Waals surface area contributed by atoms with Crippen LogP contribution in [0.25, 0.3) is 0 Å². The maximum atomic E-state index is 12.8. The van der Waals surface area contributed by atoms with Gasteiger partial charge in [-0.3, -0.25) is 14.1 Å². The lowest BCUT2D eigenvalue weighted by Crippen LogP contribution is -2.60. The molecule has 0 aromatic heterocycles. The van der Waals surface area contributed by atoms with E-state index in [1.54, 1.807) is 0 Å². The fourth-order valence-corrected chi connectivity index (χ4v) is 6.77. The largest absolute Gasteiger partial charge is 0.462 e. The number of unbranched alkanes of at least 4 members (excludes halogenated alkanes) is 8. The second kappa shape index (κ2) is 38.1. The molecule has 0 aromatic rings. The van der Waals surface area contributed by atoms with Crippen molar-refractivity contribution in [1.29, 1.82) is 0 Å². The minimum Gasteiger partial charge on any atom is -0.462 e. The van der Waals surface area contributed by atoms with E-state index < -0.39 is 71.2 Å². The van der Waals surface area contributed by atoms with Crippen LogP contribution < -0.4 is 0 Å². The number of hydrogen-bond acceptors (Lipinski definition) is 11. The normalized spacial score (nSPS) is 20.8. The smallest absolute Gasteiger partial charge is 0.306 e. The quantitative estimate of drug-likeness (QED) is 0.0202. The van der Waals surface area contributed by atoms with Crippen molar-refractivity contribution in [1.82, 2.24) is 0 Å². The van der Waals surface area contributed by atoms with Gasteiger partial charge in [0.15, 0.2) is 12.4 Å². The van der Waals surface area contributed by atoms with Gasteiger partial charge in [0.1, 0.15) is 36.8 Å². The van der Waals surface area contributed by atoms with Crippen LogP contribution in [0.5, 0.6) is 0 Å². The molecule has 0 radical (unpaired) electrons. The summed E-state index contributed by atoms with van der Waals surface area (Å²) in [6, 6.07) is 0. The van der Waals surface area contributed by atoms with Crippen LogP contribution in [-0.4, -0.2) is 96.0 Å². The van der Waals surface area contributed by atoms with Crippen molar-refractivity contribution >= 4 is 22.1 Å². The number of carbonyl (C=O) groups excluding carboxylic acids is 2. The molecule has 1 aliphatic heterocycles. The molecule has 13 heteroatoms. The molecular formula is C49H78O12S. The Kier molecular flexibility index (Phi) is 34.7. The molecule has 0 aromatic carbocycles. The van der Waals surface area contributed by atoms with Gasteiger partial charge in [-0.05, 0) is 89.9 Å². The summed E-state index contributed by atoms with van der Waals surface area (Å²) in [7, 11) is -4.62. The van der Waals surface area contributed by atoms with E-state index in [4.69, 9.17) is 18.9 Å². The van der Waals surface area contributed by atoms with Crippen LogP contribution >= 0.6 is 0 Å². The Hall–Kier alpha value is -3.43. The summed E-state index contributed by atoms with van der Waals surface area (Å²) in [5, 5.41) is 30.9. The summed E-state index contributed by atoms with van der Waals surface area (Å²) >= 11 is 0. The topological polar surface area (TPSA) is 186 Å². The van der Waals surface area contributed by atoms with Crippen molar-refractivity contribution in [3.8, 4) is 0 Å². The van der Waals surface area contributed by atoms with Gasteiger partial charge in [0.05, 0.1) is 6.61 Å². The van der Waals surface area contributed by atoms with E-state index in [0.717, 1.165) is 57.8 Å². The number of ether oxygens (including phenoxy) is 4. The van der Waals surface area contributed by atoms with Crippen LogP contribution in [0.3, 0.4) is 0 Å². The number of aliphatic hydroxyl groups is 3. The second-order valence-electron chi connectivity index (χ2n) is 15.4. The van der Waals surface area contributed by atoms with Gasteiger partial charge in [0.2, 0.25) is 0 Å². The highest BCUT2D eigenvalue weighted by Gasteiger charge is 2.46. The molecule has 0 bridgehead atoms. The summed E-state index contributed by atoms with van der Waals surface area (Å²) in [6.45, 7) is 3.59. The molecule has 6 atom stereocenters. The van der Waals surface area contributed by atoms with Gasteiger partial charge < -0.3 is 34.3 Å². The van der Waals surface area contributed by atoms with Gasteiger partial charge in [-0.1, -0.05) is 137 Å². The summed E-state index contributed by atoms with van der Waals surface area (Å²) in [6.07, 6.45) is 41.8. The first-order valence-electron chi connectivity index (χ1n) is 22.8. The fraction of sp³-hybridized carbons (Fsp3) is 0.633. The molecule has 352 valence electrons. The SMILES string of the molecule is CCCCC/C=C/C/C=C/C/C=C/C/C=C/C/C=C/CCC(=O)O[C@H](COC(=O)CCCC/C=C/C/C=C/C/C=C/CCCCC)CO[C@H]1O[C@H](CS(=O)(=O)O)[C@@H](O)C(O)C1O. The van der Waals surface area contributed by atoms with Crippen molar-refractivity contribution in [3.63, 3.8) is 0 Å². The molecule has 0 aliphatic carbocycles. The number of aliphatic hydroxyl groups excluding tert-OH is 3. The maximum absolute atomic E-state index is 12.8. The zero-order valence-corrected chi connectivity index (χ0v) is 38.2. The van der Waals surface area contributed by atoms with Crippen molar-refractivity contribution in [2.45, 2.75) is 179 Å². The van der Waals surface area contributed by atoms with E-state index in [1.807, 2.05) is 18.2 Å². The molecule has 1 fully saturated rings.